The highest BCUT2D eigenvalue weighted by Gasteiger charge is 2.23. The summed E-state index contributed by atoms with van der Waals surface area (Å²) in [7, 11) is 0. The number of rotatable bonds is 4. The second-order valence-electron chi connectivity index (χ2n) is 4.39. The number of carbonyl (C=O) groups is 2. The highest BCUT2D eigenvalue weighted by atomic mass is 32.2. The van der Waals surface area contributed by atoms with Gasteiger partial charge in [-0.05, 0) is 25.2 Å². The lowest BCUT2D eigenvalue weighted by atomic mass is 9.87. The van der Waals surface area contributed by atoms with Crippen LogP contribution >= 0.6 is 23.5 Å². The van der Waals surface area contributed by atoms with Gasteiger partial charge in [0.05, 0.1) is 0 Å². The summed E-state index contributed by atoms with van der Waals surface area (Å²) >= 11 is 2.93. The lowest BCUT2D eigenvalue weighted by Crippen LogP contribution is -2.19. The van der Waals surface area contributed by atoms with E-state index in [2.05, 4.69) is 0 Å². The van der Waals surface area contributed by atoms with Gasteiger partial charge in [0.25, 0.3) is 0 Å². The molecule has 0 radical (unpaired) electrons. The Morgan fingerprint density at radius 1 is 1.19 bits per heavy atom. The van der Waals surface area contributed by atoms with Gasteiger partial charge in [-0.1, -0.05) is 36.4 Å². The van der Waals surface area contributed by atoms with Crippen molar-refractivity contribution >= 4 is 33.8 Å². The smallest absolute Gasteiger partial charge is 0.186 e. The largest absolute Gasteiger partial charge is 0.288 e. The Bertz CT molecular complexity index is 253. The Balaban J connectivity index is 2.22. The van der Waals surface area contributed by atoms with Crippen molar-refractivity contribution in [2.75, 3.05) is 5.75 Å². The van der Waals surface area contributed by atoms with E-state index in [1.807, 2.05) is 0 Å². The molecule has 4 heteroatoms. The second-order valence-corrected chi connectivity index (χ2v) is 7.14. The average Bonchev–Trinajstić information content (AvgIpc) is 2.16. The Labute approximate surface area is 106 Å². The maximum absolute atomic E-state index is 11.0. The van der Waals surface area contributed by atoms with Gasteiger partial charge in [0.2, 0.25) is 0 Å². The summed E-state index contributed by atoms with van der Waals surface area (Å²) in [4.78, 5) is 21.8. The van der Waals surface area contributed by atoms with Crippen LogP contribution in [0.5, 0.6) is 0 Å². The Morgan fingerprint density at radius 3 is 2.56 bits per heavy atom. The van der Waals surface area contributed by atoms with Crippen LogP contribution in [0.15, 0.2) is 0 Å². The van der Waals surface area contributed by atoms with Crippen molar-refractivity contribution < 1.29 is 9.59 Å². The van der Waals surface area contributed by atoms with Crippen LogP contribution in [0.3, 0.4) is 0 Å². The van der Waals surface area contributed by atoms with Gasteiger partial charge in [-0.3, -0.25) is 9.59 Å². The number of carbonyl (C=O) groups excluding carboxylic acids is 2. The summed E-state index contributed by atoms with van der Waals surface area (Å²) in [5.41, 5.74) is 0. The van der Waals surface area contributed by atoms with Gasteiger partial charge in [-0.2, -0.15) is 0 Å². The molecule has 1 aliphatic rings. The van der Waals surface area contributed by atoms with Crippen LogP contribution in [-0.4, -0.2) is 21.2 Å². The van der Waals surface area contributed by atoms with Crippen LogP contribution in [0.25, 0.3) is 0 Å². The van der Waals surface area contributed by atoms with E-state index < -0.39 is 0 Å². The van der Waals surface area contributed by atoms with Crippen LogP contribution in [0.2, 0.25) is 0 Å². The molecule has 0 aromatic rings. The van der Waals surface area contributed by atoms with Gasteiger partial charge < -0.3 is 0 Å². The Kier molecular flexibility index (Phi) is 6.51. The first kappa shape index (κ1) is 14.1. The molecular formula is C12H20O2S2. The summed E-state index contributed by atoms with van der Waals surface area (Å²) < 4.78 is 0. The molecule has 0 aliphatic heterocycles. The van der Waals surface area contributed by atoms with E-state index in [9.17, 15) is 9.59 Å². The van der Waals surface area contributed by atoms with Gasteiger partial charge in [-0.15, -0.1) is 0 Å². The molecule has 2 nitrogen and oxygen atoms in total. The van der Waals surface area contributed by atoms with E-state index in [1.54, 1.807) is 13.8 Å². The van der Waals surface area contributed by atoms with E-state index >= 15 is 0 Å². The standard InChI is InChI=1S/C12H20O2S2/c1-9(13)15-7-6-11-4-3-5-12(8-11)16-10(2)14/h11-12H,3-8H2,1-2H3. The van der Waals surface area contributed by atoms with E-state index in [-0.39, 0.29) is 10.2 Å². The molecule has 1 fully saturated rings. The van der Waals surface area contributed by atoms with Crippen LogP contribution in [0.4, 0.5) is 0 Å². The van der Waals surface area contributed by atoms with Crippen LogP contribution < -0.4 is 0 Å². The fourth-order valence-corrected chi connectivity index (χ4v) is 4.08. The molecule has 1 rings (SSSR count). The summed E-state index contributed by atoms with van der Waals surface area (Å²) in [6, 6.07) is 0. The molecule has 2 unspecified atom stereocenters. The van der Waals surface area contributed by atoms with Gasteiger partial charge in [0.1, 0.15) is 0 Å². The van der Waals surface area contributed by atoms with E-state index in [0.717, 1.165) is 24.5 Å². The molecule has 92 valence electrons. The van der Waals surface area contributed by atoms with Crippen LogP contribution in [-0.2, 0) is 9.59 Å². The molecule has 0 spiro atoms. The van der Waals surface area contributed by atoms with E-state index in [1.165, 1.54) is 42.8 Å². The molecule has 0 N–H and O–H groups in total. The normalized spacial score (nSPS) is 25.4. The number of hydrogen-bond acceptors (Lipinski definition) is 4. The third kappa shape index (κ3) is 5.94. The third-order valence-electron chi connectivity index (χ3n) is 2.90. The average molecular weight is 260 g/mol. The molecule has 0 aromatic carbocycles. The molecule has 0 aromatic heterocycles. The molecule has 0 heterocycles. The molecule has 16 heavy (non-hydrogen) atoms. The fraction of sp³-hybridized carbons (Fsp3) is 0.833. The topological polar surface area (TPSA) is 34.1 Å². The Morgan fingerprint density at radius 2 is 1.94 bits per heavy atom. The monoisotopic (exact) mass is 260 g/mol. The third-order valence-corrected chi connectivity index (χ3v) is 4.84. The maximum atomic E-state index is 11.0. The summed E-state index contributed by atoms with van der Waals surface area (Å²) in [6.07, 6.45) is 5.97. The first-order valence-corrected chi connectivity index (χ1v) is 7.75. The fourth-order valence-electron chi connectivity index (χ4n) is 2.21. The molecule has 0 bridgehead atoms. The molecule has 0 amide bonds. The summed E-state index contributed by atoms with van der Waals surface area (Å²) in [6.45, 7) is 3.28. The molecule has 2 atom stereocenters. The number of hydrogen-bond donors (Lipinski definition) is 0. The highest BCUT2D eigenvalue weighted by Crippen LogP contribution is 2.34. The Hall–Kier alpha value is 0.0400. The predicted molar refractivity (Wildman–Crippen MR) is 71.8 cm³/mol. The van der Waals surface area contributed by atoms with Crippen molar-refractivity contribution in [1.82, 2.24) is 0 Å². The zero-order valence-corrected chi connectivity index (χ0v) is 11.7. The van der Waals surface area contributed by atoms with Crippen molar-refractivity contribution in [2.24, 2.45) is 5.92 Å². The minimum Gasteiger partial charge on any atom is -0.288 e. The van der Waals surface area contributed by atoms with Crippen LogP contribution in [0, 0.1) is 5.92 Å². The van der Waals surface area contributed by atoms with Crippen molar-refractivity contribution in [1.29, 1.82) is 0 Å². The summed E-state index contributed by atoms with van der Waals surface area (Å²) in [5.74, 6) is 1.66. The first-order chi connectivity index (χ1) is 7.58. The first-order valence-electron chi connectivity index (χ1n) is 5.88. The minimum absolute atomic E-state index is 0.213. The van der Waals surface area contributed by atoms with Crippen molar-refractivity contribution in [3.63, 3.8) is 0 Å². The highest BCUT2D eigenvalue weighted by molar-refractivity contribution is 8.14. The van der Waals surface area contributed by atoms with Gasteiger partial charge in [-0.25, -0.2) is 0 Å². The quantitative estimate of drug-likeness (QED) is 0.775. The molecular weight excluding hydrogens is 240 g/mol. The molecule has 1 aliphatic carbocycles. The van der Waals surface area contributed by atoms with Gasteiger partial charge in [0.15, 0.2) is 10.2 Å². The zero-order chi connectivity index (χ0) is 12.0. The van der Waals surface area contributed by atoms with E-state index in [4.69, 9.17) is 0 Å². The van der Waals surface area contributed by atoms with Crippen LogP contribution in [0.1, 0.15) is 46.0 Å². The lowest BCUT2D eigenvalue weighted by molar-refractivity contribution is -0.109. The second kappa shape index (κ2) is 7.38. The van der Waals surface area contributed by atoms with Gasteiger partial charge in [0, 0.05) is 24.9 Å². The SMILES string of the molecule is CC(=O)SCCC1CCCC(SC(C)=O)C1. The predicted octanol–water partition coefficient (Wildman–Crippen LogP) is 3.49. The van der Waals surface area contributed by atoms with Crippen molar-refractivity contribution in [3.8, 4) is 0 Å². The van der Waals surface area contributed by atoms with Crippen molar-refractivity contribution in [3.05, 3.63) is 0 Å². The molecule has 1 saturated carbocycles. The number of thioether (sulfide) groups is 2. The lowest BCUT2D eigenvalue weighted by Gasteiger charge is -2.27. The van der Waals surface area contributed by atoms with Gasteiger partial charge >= 0.3 is 0 Å². The van der Waals surface area contributed by atoms with Crippen molar-refractivity contribution in [2.45, 2.75) is 51.2 Å². The zero-order valence-electron chi connectivity index (χ0n) is 10.0. The molecule has 0 saturated heterocycles. The minimum atomic E-state index is 0.213. The summed E-state index contributed by atoms with van der Waals surface area (Å²) in [5, 5.41) is 0.979. The maximum Gasteiger partial charge on any atom is 0.186 e. The van der Waals surface area contributed by atoms with E-state index in [0.29, 0.717) is 5.25 Å².